The lowest BCUT2D eigenvalue weighted by atomic mass is 9.86. The van der Waals surface area contributed by atoms with E-state index >= 15 is 0 Å². The summed E-state index contributed by atoms with van der Waals surface area (Å²) in [5.41, 5.74) is 6.53. The summed E-state index contributed by atoms with van der Waals surface area (Å²) in [4.78, 5) is 0. The van der Waals surface area contributed by atoms with Gasteiger partial charge in [-0.3, -0.25) is 0 Å². The molecule has 0 bridgehead atoms. The Hall–Kier alpha value is -2.92. The molecule has 0 nitrogen and oxygen atoms in total. The van der Waals surface area contributed by atoms with E-state index in [0.29, 0.717) is 4.47 Å². The maximum atomic E-state index is 12.9. The standard InChI is InChI=1S/2C11H15F.C10H12BrF.C10H13F/c2*1-8-7-9(11(2,3)4)5-6-10(8)12;1-10(2,3)7-4-5-9(12)8(11)6-7;1-10(2,3)8-4-6-9(11)7-5-8/h2*5-7H,1-4H3;4-6H,1-3H3;4-7H,1-3H3. The first-order chi connectivity index (χ1) is 21.2. The van der Waals surface area contributed by atoms with E-state index in [1.807, 2.05) is 48.5 Å². The molecule has 0 fully saturated rings. The number of rotatable bonds is 0. The van der Waals surface area contributed by atoms with E-state index in [9.17, 15) is 17.6 Å². The maximum Gasteiger partial charge on any atom is 0.137 e. The van der Waals surface area contributed by atoms with E-state index in [2.05, 4.69) is 99.0 Å². The summed E-state index contributed by atoms with van der Waals surface area (Å²) in [5, 5.41) is 0. The van der Waals surface area contributed by atoms with E-state index in [4.69, 9.17) is 0 Å². The average molecular weight is 716 g/mol. The highest BCUT2D eigenvalue weighted by Crippen LogP contribution is 2.27. The molecule has 0 radical (unpaired) electrons. The minimum atomic E-state index is -0.206. The molecule has 0 aliphatic heterocycles. The molecule has 0 heterocycles. The van der Waals surface area contributed by atoms with E-state index in [0.717, 1.165) is 16.7 Å². The number of aryl methyl sites for hydroxylation is 2. The van der Waals surface area contributed by atoms with E-state index in [1.165, 1.54) is 47.0 Å². The molecule has 4 aromatic carbocycles. The molecule has 0 atom stereocenters. The fraction of sp³-hybridized carbons (Fsp3) is 0.429. The Kier molecular flexibility index (Phi) is 15.2. The zero-order chi connectivity index (χ0) is 36.5. The van der Waals surface area contributed by atoms with Gasteiger partial charge in [0.05, 0.1) is 4.47 Å². The Morgan fingerprint density at radius 2 is 0.660 bits per heavy atom. The van der Waals surface area contributed by atoms with Crippen LogP contribution in [0.1, 0.15) is 116 Å². The van der Waals surface area contributed by atoms with Gasteiger partial charge in [0.25, 0.3) is 0 Å². The van der Waals surface area contributed by atoms with Gasteiger partial charge < -0.3 is 0 Å². The maximum absolute atomic E-state index is 12.9. The Morgan fingerprint density at radius 1 is 0.383 bits per heavy atom. The molecule has 0 spiro atoms. The molecule has 0 aromatic heterocycles. The lowest BCUT2D eigenvalue weighted by Gasteiger charge is -2.19. The molecule has 0 aliphatic carbocycles. The van der Waals surface area contributed by atoms with E-state index in [1.54, 1.807) is 13.8 Å². The lowest BCUT2D eigenvalue weighted by Crippen LogP contribution is -2.11. The minimum absolute atomic E-state index is 0.0796. The van der Waals surface area contributed by atoms with Gasteiger partial charge in [-0.1, -0.05) is 126 Å². The predicted octanol–water partition coefficient (Wildman–Crippen LogP) is 13.9. The lowest BCUT2D eigenvalue weighted by molar-refractivity contribution is 0.579. The van der Waals surface area contributed by atoms with Crippen LogP contribution in [-0.2, 0) is 21.7 Å². The van der Waals surface area contributed by atoms with Crippen molar-refractivity contribution in [2.75, 3.05) is 0 Å². The fourth-order valence-corrected chi connectivity index (χ4v) is 4.51. The zero-order valence-corrected chi connectivity index (χ0v) is 32.5. The van der Waals surface area contributed by atoms with E-state index < -0.39 is 0 Å². The predicted molar refractivity (Wildman–Crippen MR) is 198 cm³/mol. The van der Waals surface area contributed by atoms with Gasteiger partial charge in [0.1, 0.15) is 23.3 Å². The first kappa shape index (κ1) is 42.1. The normalized spacial score (nSPS) is 11.7. The van der Waals surface area contributed by atoms with Crippen molar-refractivity contribution in [3.8, 4) is 0 Å². The smallest absolute Gasteiger partial charge is 0.137 e. The Labute approximate surface area is 291 Å². The molecule has 0 saturated heterocycles. The van der Waals surface area contributed by atoms with Crippen molar-refractivity contribution >= 4 is 15.9 Å². The molecular formula is C42H55BrF4. The quantitative estimate of drug-likeness (QED) is 0.159. The molecule has 4 rings (SSSR count). The van der Waals surface area contributed by atoms with Crippen LogP contribution in [0.2, 0.25) is 0 Å². The summed E-state index contributed by atoms with van der Waals surface area (Å²) in [6.07, 6.45) is 0. The van der Waals surface area contributed by atoms with Crippen molar-refractivity contribution < 1.29 is 17.6 Å². The van der Waals surface area contributed by atoms with Crippen LogP contribution in [0.25, 0.3) is 0 Å². The molecule has 0 saturated carbocycles. The largest absolute Gasteiger partial charge is 0.207 e. The van der Waals surface area contributed by atoms with Crippen molar-refractivity contribution in [2.24, 2.45) is 0 Å². The van der Waals surface area contributed by atoms with Crippen molar-refractivity contribution in [3.05, 3.63) is 140 Å². The van der Waals surface area contributed by atoms with Gasteiger partial charge in [-0.05, 0) is 121 Å². The summed E-state index contributed by atoms with van der Waals surface area (Å²) in [6.45, 7) is 29.0. The highest BCUT2D eigenvalue weighted by molar-refractivity contribution is 9.10. The third kappa shape index (κ3) is 14.8. The monoisotopic (exact) mass is 714 g/mol. The molecule has 47 heavy (non-hydrogen) atoms. The summed E-state index contributed by atoms with van der Waals surface area (Å²) in [5.74, 6) is -0.619. The SMILES string of the molecule is CC(C)(C)c1ccc(F)c(Br)c1.CC(C)(C)c1ccc(F)cc1.Cc1cc(C(C)(C)C)ccc1F.Cc1cc(C(C)(C)C)ccc1F. The second-order valence-corrected chi connectivity index (χ2v) is 16.9. The molecule has 0 amide bonds. The third-order valence-corrected chi connectivity index (χ3v) is 8.15. The van der Waals surface area contributed by atoms with Crippen LogP contribution < -0.4 is 0 Å². The molecule has 5 heteroatoms. The third-order valence-electron chi connectivity index (χ3n) is 7.54. The Bertz CT molecular complexity index is 1410. The highest BCUT2D eigenvalue weighted by atomic mass is 79.9. The van der Waals surface area contributed by atoms with Gasteiger partial charge in [-0.25, -0.2) is 17.6 Å². The van der Waals surface area contributed by atoms with Gasteiger partial charge >= 0.3 is 0 Å². The number of halogens is 5. The van der Waals surface area contributed by atoms with Crippen LogP contribution in [-0.4, -0.2) is 0 Å². The summed E-state index contributed by atoms with van der Waals surface area (Å²) in [7, 11) is 0. The average Bonchev–Trinajstić information content (AvgIpc) is 2.92. The Balaban J connectivity index is 0.000000314. The Morgan fingerprint density at radius 3 is 0.936 bits per heavy atom. The molecule has 258 valence electrons. The zero-order valence-electron chi connectivity index (χ0n) is 30.9. The van der Waals surface area contributed by atoms with Gasteiger partial charge in [0.15, 0.2) is 0 Å². The van der Waals surface area contributed by atoms with Crippen molar-refractivity contribution in [1.29, 1.82) is 0 Å². The molecule has 0 aliphatic rings. The van der Waals surface area contributed by atoms with Gasteiger partial charge in [0.2, 0.25) is 0 Å². The molecular weight excluding hydrogens is 660 g/mol. The van der Waals surface area contributed by atoms with E-state index in [-0.39, 0.29) is 44.9 Å². The van der Waals surface area contributed by atoms with Crippen LogP contribution in [0.4, 0.5) is 17.6 Å². The topological polar surface area (TPSA) is 0 Å². The number of benzene rings is 4. The second-order valence-electron chi connectivity index (χ2n) is 16.1. The summed E-state index contributed by atoms with van der Waals surface area (Å²) in [6, 6.07) is 22.4. The summed E-state index contributed by atoms with van der Waals surface area (Å²) < 4.78 is 51.6. The van der Waals surface area contributed by atoms with Crippen LogP contribution in [0.15, 0.2) is 83.3 Å². The van der Waals surface area contributed by atoms with Gasteiger partial charge in [-0.2, -0.15) is 0 Å². The molecule has 0 N–H and O–H groups in total. The van der Waals surface area contributed by atoms with Crippen molar-refractivity contribution in [1.82, 2.24) is 0 Å². The van der Waals surface area contributed by atoms with Crippen LogP contribution in [0.3, 0.4) is 0 Å². The molecule has 4 aromatic rings. The minimum Gasteiger partial charge on any atom is -0.207 e. The fourth-order valence-electron chi connectivity index (χ4n) is 4.13. The number of hydrogen-bond donors (Lipinski definition) is 0. The van der Waals surface area contributed by atoms with Crippen LogP contribution in [0, 0.1) is 37.1 Å². The summed E-state index contributed by atoms with van der Waals surface area (Å²) >= 11 is 3.16. The first-order valence-electron chi connectivity index (χ1n) is 16.0. The van der Waals surface area contributed by atoms with Crippen LogP contribution >= 0.6 is 15.9 Å². The first-order valence-corrected chi connectivity index (χ1v) is 16.8. The second kappa shape index (κ2) is 17.0. The highest BCUT2D eigenvalue weighted by Gasteiger charge is 2.16. The van der Waals surface area contributed by atoms with Crippen LogP contribution in [0.5, 0.6) is 0 Å². The van der Waals surface area contributed by atoms with Gasteiger partial charge in [-0.15, -0.1) is 0 Å². The van der Waals surface area contributed by atoms with Crippen molar-refractivity contribution in [2.45, 2.75) is 119 Å². The van der Waals surface area contributed by atoms with Crippen molar-refractivity contribution in [3.63, 3.8) is 0 Å². The number of hydrogen-bond acceptors (Lipinski definition) is 0. The molecule has 0 unspecified atom stereocenters. The van der Waals surface area contributed by atoms with Gasteiger partial charge in [0, 0.05) is 0 Å².